The minimum Gasteiger partial charge on any atom is -0.352 e. The van der Waals surface area contributed by atoms with E-state index < -0.39 is 6.04 Å². The van der Waals surface area contributed by atoms with E-state index in [9.17, 15) is 4.79 Å². The first-order valence-electron chi connectivity index (χ1n) is 5.97. The number of amides is 1. The summed E-state index contributed by atoms with van der Waals surface area (Å²) in [4.78, 5) is 11.6. The topological polar surface area (TPSA) is 67.2 Å². The summed E-state index contributed by atoms with van der Waals surface area (Å²) in [6.07, 6.45) is 1.88. The molecule has 0 radical (unpaired) electrons. The van der Waals surface area contributed by atoms with Crippen molar-refractivity contribution >= 4 is 5.91 Å². The number of carbonyl (C=O) groups is 1. The molecule has 1 fully saturated rings. The van der Waals surface area contributed by atoms with Gasteiger partial charge in [0.1, 0.15) is 0 Å². The van der Waals surface area contributed by atoms with Crippen molar-refractivity contribution in [3.8, 4) is 0 Å². The Bertz CT molecular complexity index is 255. The fraction of sp³-hybridized carbons (Fsp3) is 0.917. The summed E-state index contributed by atoms with van der Waals surface area (Å²) in [5.41, 5.74) is 5.67. The van der Waals surface area contributed by atoms with Gasteiger partial charge in [-0.3, -0.25) is 4.79 Å². The number of nitrogens with one attached hydrogen (secondary N) is 2. The first-order chi connectivity index (χ1) is 7.11. The molecular formula is C12H25N3O. The average Bonchev–Trinajstić information content (AvgIpc) is 1.96. The summed E-state index contributed by atoms with van der Waals surface area (Å²) in [6, 6.07) is -0.217. The van der Waals surface area contributed by atoms with Gasteiger partial charge in [-0.05, 0) is 47.5 Å². The van der Waals surface area contributed by atoms with E-state index in [0.29, 0.717) is 0 Å². The number of carbonyl (C=O) groups excluding carboxylic acids is 1. The Balaban J connectivity index is 2.64. The number of piperidine rings is 1. The van der Waals surface area contributed by atoms with Gasteiger partial charge in [-0.15, -0.1) is 0 Å². The molecule has 0 spiro atoms. The van der Waals surface area contributed by atoms with E-state index in [0.717, 1.165) is 12.8 Å². The molecule has 1 amide bonds. The molecule has 0 aliphatic carbocycles. The zero-order valence-electron chi connectivity index (χ0n) is 11.1. The van der Waals surface area contributed by atoms with Gasteiger partial charge in [0.15, 0.2) is 0 Å². The molecule has 0 saturated carbocycles. The molecule has 0 bridgehead atoms. The normalized spacial score (nSPS) is 26.1. The Hall–Kier alpha value is -0.610. The van der Waals surface area contributed by atoms with Gasteiger partial charge in [0.2, 0.25) is 5.91 Å². The van der Waals surface area contributed by atoms with Crippen LogP contribution in [0.25, 0.3) is 0 Å². The van der Waals surface area contributed by atoms with Crippen LogP contribution < -0.4 is 16.4 Å². The number of hydrogen-bond donors (Lipinski definition) is 3. The molecule has 1 unspecified atom stereocenters. The molecule has 1 rings (SSSR count). The molecule has 16 heavy (non-hydrogen) atoms. The van der Waals surface area contributed by atoms with E-state index in [4.69, 9.17) is 5.73 Å². The zero-order valence-corrected chi connectivity index (χ0v) is 11.1. The first-order valence-corrected chi connectivity index (χ1v) is 5.97. The fourth-order valence-corrected chi connectivity index (χ4v) is 2.76. The maximum atomic E-state index is 11.6. The predicted molar refractivity (Wildman–Crippen MR) is 66.1 cm³/mol. The Morgan fingerprint density at radius 2 is 1.75 bits per heavy atom. The van der Waals surface area contributed by atoms with Gasteiger partial charge in [-0.2, -0.15) is 0 Å². The predicted octanol–water partition coefficient (Wildman–Crippen LogP) is 0.759. The summed E-state index contributed by atoms with van der Waals surface area (Å²) in [5.74, 6) is -0.0569. The van der Waals surface area contributed by atoms with Crippen LogP contribution in [0.4, 0.5) is 0 Å². The first kappa shape index (κ1) is 13.5. The molecule has 0 aromatic heterocycles. The summed E-state index contributed by atoms with van der Waals surface area (Å²) in [7, 11) is 0. The van der Waals surface area contributed by atoms with E-state index in [1.807, 2.05) is 0 Å². The van der Waals surface area contributed by atoms with Gasteiger partial charge in [-0.25, -0.2) is 0 Å². The highest BCUT2D eigenvalue weighted by molar-refractivity contribution is 5.81. The molecule has 4 nitrogen and oxygen atoms in total. The molecule has 4 heteroatoms. The minimum atomic E-state index is -0.430. The Labute approximate surface area is 98.3 Å². The third-order valence-corrected chi connectivity index (χ3v) is 2.95. The highest BCUT2D eigenvalue weighted by Crippen LogP contribution is 2.28. The third kappa shape index (κ3) is 3.76. The van der Waals surface area contributed by atoms with Crippen molar-refractivity contribution in [3.05, 3.63) is 0 Å². The van der Waals surface area contributed by atoms with Crippen LogP contribution in [0.1, 0.15) is 47.5 Å². The van der Waals surface area contributed by atoms with Gasteiger partial charge in [0.05, 0.1) is 6.04 Å². The van der Waals surface area contributed by atoms with Crippen molar-refractivity contribution in [2.45, 2.75) is 70.6 Å². The molecule has 1 heterocycles. The molecular weight excluding hydrogens is 202 g/mol. The second kappa shape index (κ2) is 4.34. The monoisotopic (exact) mass is 227 g/mol. The smallest absolute Gasteiger partial charge is 0.236 e. The van der Waals surface area contributed by atoms with Gasteiger partial charge in [-0.1, -0.05) is 0 Å². The molecule has 1 aliphatic heterocycles. The summed E-state index contributed by atoms with van der Waals surface area (Å²) in [5, 5.41) is 6.61. The largest absolute Gasteiger partial charge is 0.352 e. The van der Waals surface area contributed by atoms with Crippen LogP contribution in [0.3, 0.4) is 0 Å². The molecule has 4 N–H and O–H groups in total. The van der Waals surface area contributed by atoms with Crippen LogP contribution in [0.2, 0.25) is 0 Å². The SMILES string of the molecule is CC(N)C(=O)NC1CC(C)(C)NC(C)(C)C1. The van der Waals surface area contributed by atoms with Gasteiger partial charge < -0.3 is 16.4 Å². The molecule has 0 aromatic rings. The lowest BCUT2D eigenvalue weighted by Crippen LogP contribution is -2.62. The lowest BCUT2D eigenvalue weighted by Gasteiger charge is -2.46. The Morgan fingerprint density at radius 1 is 1.31 bits per heavy atom. The summed E-state index contributed by atoms with van der Waals surface area (Å²) < 4.78 is 0. The van der Waals surface area contributed by atoms with E-state index in [2.05, 4.69) is 38.3 Å². The van der Waals surface area contributed by atoms with E-state index in [-0.39, 0.29) is 23.0 Å². The quantitative estimate of drug-likeness (QED) is 0.652. The molecule has 1 aliphatic rings. The average molecular weight is 227 g/mol. The van der Waals surface area contributed by atoms with E-state index in [1.165, 1.54) is 0 Å². The van der Waals surface area contributed by atoms with Gasteiger partial charge in [0, 0.05) is 17.1 Å². The lowest BCUT2D eigenvalue weighted by molar-refractivity contribution is -0.123. The standard InChI is InChI=1S/C12H25N3O/c1-8(13)10(16)14-9-6-11(2,3)15-12(4,5)7-9/h8-9,15H,6-7,13H2,1-5H3,(H,14,16). The van der Waals surface area contributed by atoms with Crippen LogP contribution >= 0.6 is 0 Å². The maximum absolute atomic E-state index is 11.6. The van der Waals surface area contributed by atoms with Crippen molar-refractivity contribution in [1.82, 2.24) is 10.6 Å². The molecule has 94 valence electrons. The molecule has 1 saturated heterocycles. The third-order valence-electron chi connectivity index (χ3n) is 2.95. The van der Waals surface area contributed by atoms with Crippen LogP contribution in [-0.2, 0) is 4.79 Å². The highest BCUT2D eigenvalue weighted by Gasteiger charge is 2.38. The van der Waals surface area contributed by atoms with E-state index >= 15 is 0 Å². The second-order valence-electron chi connectivity index (χ2n) is 6.30. The Kier molecular flexibility index (Phi) is 3.65. The highest BCUT2D eigenvalue weighted by atomic mass is 16.2. The van der Waals surface area contributed by atoms with Crippen molar-refractivity contribution in [2.75, 3.05) is 0 Å². The number of rotatable bonds is 2. The maximum Gasteiger partial charge on any atom is 0.236 e. The van der Waals surface area contributed by atoms with Crippen molar-refractivity contribution in [3.63, 3.8) is 0 Å². The lowest BCUT2D eigenvalue weighted by atomic mass is 9.79. The number of nitrogens with two attached hydrogens (primary N) is 1. The zero-order chi connectivity index (χ0) is 12.6. The Morgan fingerprint density at radius 3 is 2.12 bits per heavy atom. The van der Waals surface area contributed by atoms with Crippen molar-refractivity contribution < 1.29 is 4.79 Å². The van der Waals surface area contributed by atoms with Crippen LogP contribution in [0.5, 0.6) is 0 Å². The molecule has 0 aromatic carbocycles. The van der Waals surface area contributed by atoms with Crippen molar-refractivity contribution in [1.29, 1.82) is 0 Å². The van der Waals surface area contributed by atoms with Gasteiger partial charge >= 0.3 is 0 Å². The van der Waals surface area contributed by atoms with Crippen LogP contribution in [0.15, 0.2) is 0 Å². The van der Waals surface area contributed by atoms with Crippen LogP contribution in [-0.4, -0.2) is 29.1 Å². The summed E-state index contributed by atoms with van der Waals surface area (Å²) >= 11 is 0. The van der Waals surface area contributed by atoms with Crippen LogP contribution in [0, 0.1) is 0 Å². The fourth-order valence-electron chi connectivity index (χ4n) is 2.76. The summed E-state index contributed by atoms with van der Waals surface area (Å²) in [6.45, 7) is 10.4. The van der Waals surface area contributed by atoms with Crippen molar-refractivity contribution in [2.24, 2.45) is 5.73 Å². The second-order valence-corrected chi connectivity index (χ2v) is 6.30. The van der Waals surface area contributed by atoms with E-state index in [1.54, 1.807) is 6.92 Å². The number of hydrogen-bond acceptors (Lipinski definition) is 3. The van der Waals surface area contributed by atoms with Gasteiger partial charge in [0.25, 0.3) is 0 Å². The minimum absolute atomic E-state index is 0.0531. The molecule has 1 atom stereocenters.